The number of nitrogens with two attached hydrogens (primary N) is 1. The molecule has 1 amide bonds. The molecule has 6 nitrogen and oxygen atoms in total. The molecule has 0 aromatic heterocycles. The van der Waals surface area contributed by atoms with E-state index in [1.165, 1.54) is 0 Å². The summed E-state index contributed by atoms with van der Waals surface area (Å²) in [6.07, 6.45) is 0. The van der Waals surface area contributed by atoms with Crippen molar-refractivity contribution in [3.8, 4) is 0 Å². The number of hydrogen-bond donors (Lipinski definition) is 2. The first-order chi connectivity index (χ1) is 9.66. The van der Waals surface area contributed by atoms with Crippen LogP contribution in [0.25, 0.3) is 0 Å². The van der Waals surface area contributed by atoms with Gasteiger partial charge in [-0.05, 0) is 34.0 Å². The average Bonchev–Trinajstić information content (AvgIpc) is 2.37. The van der Waals surface area contributed by atoms with Crippen LogP contribution in [0.15, 0.2) is 21.5 Å². The molecule has 0 saturated carbocycles. The van der Waals surface area contributed by atoms with Crippen molar-refractivity contribution in [1.29, 1.82) is 0 Å². The van der Waals surface area contributed by atoms with Gasteiger partial charge in [-0.15, -0.1) is 0 Å². The molecule has 0 aliphatic rings. The van der Waals surface area contributed by atoms with Crippen molar-refractivity contribution in [1.82, 2.24) is 5.32 Å². The molecule has 0 radical (unpaired) electrons. The third-order valence-electron chi connectivity index (χ3n) is 2.62. The van der Waals surface area contributed by atoms with Gasteiger partial charge in [0.25, 0.3) is 5.91 Å². The average molecular weight is 383 g/mol. The molecule has 0 aliphatic heterocycles. The number of methoxy groups -OCH3 is 1. The van der Waals surface area contributed by atoms with Crippen LogP contribution in [0.2, 0.25) is 0 Å². The van der Waals surface area contributed by atoms with Crippen molar-refractivity contribution in [2.45, 2.75) is 11.8 Å². The molecular formula is C12H16BrFN2O4S. The Morgan fingerprint density at radius 1 is 1.52 bits per heavy atom. The minimum absolute atomic E-state index is 0.0593. The number of hydrogen-bond acceptors (Lipinski definition) is 4. The Bertz CT molecular complexity index is 636. The Morgan fingerprint density at radius 3 is 2.67 bits per heavy atom. The lowest BCUT2D eigenvalue weighted by molar-refractivity contribution is 0.0932. The van der Waals surface area contributed by atoms with Gasteiger partial charge in [0.15, 0.2) is 0 Å². The Balaban J connectivity index is 3.03. The van der Waals surface area contributed by atoms with Gasteiger partial charge < -0.3 is 10.1 Å². The van der Waals surface area contributed by atoms with Crippen LogP contribution in [-0.2, 0) is 14.8 Å². The van der Waals surface area contributed by atoms with E-state index in [1.807, 2.05) is 6.92 Å². The van der Waals surface area contributed by atoms with Crippen molar-refractivity contribution >= 4 is 31.9 Å². The highest BCUT2D eigenvalue weighted by molar-refractivity contribution is 9.10. The molecule has 118 valence electrons. The lowest BCUT2D eigenvalue weighted by Gasteiger charge is -2.13. The van der Waals surface area contributed by atoms with E-state index in [0.29, 0.717) is 13.2 Å². The van der Waals surface area contributed by atoms with Crippen molar-refractivity contribution in [3.63, 3.8) is 0 Å². The maximum atomic E-state index is 13.5. The summed E-state index contributed by atoms with van der Waals surface area (Å²) in [7, 11) is -2.60. The first-order valence-electron chi connectivity index (χ1n) is 5.95. The number of sulfonamides is 1. The Kier molecular flexibility index (Phi) is 6.26. The summed E-state index contributed by atoms with van der Waals surface area (Å²) >= 11 is 2.98. The molecule has 0 spiro atoms. The molecule has 1 atom stereocenters. The van der Waals surface area contributed by atoms with Crippen molar-refractivity contribution in [2.24, 2.45) is 11.1 Å². The van der Waals surface area contributed by atoms with Crippen LogP contribution in [0.1, 0.15) is 17.3 Å². The minimum Gasteiger partial charge on any atom is -0.384 e. The number of carbonyl (C=O) groups excluding carboxylic acids is 1. The second-order valence-electron chi connectivity index (χ2n) is 4.58. The maximum absolute atomic E-state index is 13.5. The Hall–Kier alpha value is -1.03. The van der Waals surface area contributed by atoms with Gasteiger partial charge in [-0.2, -0.15) is 0 Å². The summed E-state index contributed by atoms with van der Waals surface area (Å²) in [5.41, 5.74) is -0.136. The summed E-state index contributed by atoms with van der Waals surface area (Å²) < 4.78 is 41.1. The molecular weight excluding hydrogens is 367 g/mol. The summed E-state index contributed by atoms with van der Waals surface area (Å²) in [4.78, 5) is 11.5. The second-order valence-corrected chi connectivity index (χ2v) is 6.90. The van der Waals surface area contributed by atoms with Crippen LogP contribution in [0.4, 0.5) is 4.39 Å². The normalized spacial score (nSPS) is 13.0. The van der Waals surface area contributed by atoms with E-state index in [1.54, 1.807) is 7.11 Å². The van der Waals surface area contributed by atoms with Crippen LogP contribution in [0.3, 0.4) is 0 Å². The van der Waals surface area contributed by atoms with E-state index in [0.717, 1.165) is 12.1 Å². The third kappa shape index (κ3) is 5.03. The molecule has 0 saturated heterocycles. The number of amides is 1. The lowest BCUT2D eigenvalue weighted by Crippen LogP contribution is -2.30. The van der Waals surface area contributed by atoms with Crippen LogP contribution >= 0.6 is 15.9 Å². The van der Waals surface area contributed by atoms with Gasteiger partial charge in [-0.3, -0.25) is 4.79 Å². The Morgan fingerprint density at radius 2 is 2.14 bits per heavy atom. The molecule has 0 aliphatic carbocycles. The van der Waals surface area contributed by atoms with E-state index >= 15 is 0 Å². The topological polar surface area (TPSA) is 98.5 Å². The van der Waals surface area contributed by atoms with Crippen LogP contribution in [-0.4, -0.2) is 34.6 Å². The SMILES string of the molecule is COCC(C)CNC(=O)c1cc(F)cc(S(N)(=O)=O)c1Br. The highest BCUT2D eigenvalue weighted by Gasteiger charge is 2.21. The minimum atomic E-state index is -4.14. The van der Waals surface area contributed by atoms with Gasteiger partial charge in [-0.25, -0.2) is 17.9 Å². The highest BCUT2D eigenvalue weighted by atomic mass is 79.9. The molecule has 0 heterocycles. The predicted octanol–water partition coefficient (Wildman–Crippen LogP) is 1.25. The predicted molar refractivity (Wildman–Crippen MR) is 78.8 cm³/mol. The molecule has 0 fully saturated rings. The van der Waals surface area contributed by atoms with Crippen LogP contribution < -0.4 is 10.5 Å². The first-order valence-corrected chi connectivity index (χ1v) is 8.29. The monoisotopic (exact) mass is 382 g/mol. The fourth-order valence-corrected chi connectivity index (χ4v) is 3.36. The molecule has 1 aromatic carbocycles. The maximum Gasteiger partial charge on any atom is 0.252 e. The van der Waals surface area contributed by atoms with Gasteiger partial charge in [0.05, 0.1) is 21.5 Å². The van der Waals surface area contributed by atoms with E-state index in [2.05, 4.69) is 21.2 Å². The molecule has 3 N–H and O–H groups in total. The smallest absolute Gasteiger partial charge is 0.252 e. The highest BCUT2D eigenvalue weighted by Crippen LogP contribution is 2.26. The van der Waals surface area contributed by atoms with E-state index < -0.39 is 26.6 Å². The van der Waals surface area contributed by atoms with Crippen molar-refractivity contribution < 1.29 is 22.3 Å². The summed E-state index contributed by atoms with van der Waals surface area (Å²) in [6, 6.07) is 1.69. The van der Waals surface area contributed by atoms with E-state index in [-0.39, 0.29) is 16.0 Å². The summed E-state index contributed by atoms with van der Waals surface area (Å²) in [5.74, 6) is -1.41. The number of halogens is 2. The van der Waals surface area contributed by atoms with Gasteiger partial charge in [-0.1, -0.05) is 6.92 Å². The number of carbonyl (C=O) groups is 1. The zero-order valence-electron chi connectivity index (χ0n) is 11.5. The lowest BCUT2D eigenvalue weighted by atomic mass is 10.1. The zero-order chi connectivity index (χ0) is 16.2. The number of rotatable bonds is 6. The molecule has 1 rings (SSSR count). The third-order valence-corrected chi connectivity index (χ3v) is 4.67. The second kappa shape index (κ2) is 7.30. The van der Waals surface area contributed by atoms with Gasteiger partial charge >= 0.3 is 0 Å². The molecule has 9 heteroatoms. The van der Waals surface area contributed by atoms with Crippen molar-refractivity contribution in [2.75, 3.05) is 20.3 Å². The number of ether oxygens (including phenoxy) is 1. The quantitative estimate of drug-likeness (QED) is 0.773. The van der Waals surface area contributed by atoms with Gasteiger partial charge in [0.1, 0.15) is 5.82 Å². The fraction of sp³-hybridized carbons (Fsp3) is 0.417. The van der Waals surface area contributed by atoms with Crippen LogP contribution in [0, 0.1) is 11.7 Å². The van der Waals surface area contributed by atoms with Gasteiger partial charge in [0, 0.05) is 13.7 Å². The van der Waals surface area contributed by atoms with Gasteiger partial charge in [0.2, 0.25) is 10.0 Å². The molecule has 0 bridgehead atoms. The van der Waals surface area contributed by atoms with E-state index in [4.69, 9.17) is 9.88 Å². The van der Waals surface area contributed by atoms with E-state index in [9.17, 15) is 17.6 Å². The molecule has 1 aromatic rings. The summed E-state index contributed by atoms with van der Waals surface area (Å²) in [5, 5.41) is 7.56. The largest absolute Gasteiger partial charge is 0.384 e. The van der Waals surface area contributed by atoms with Crippen LogP contribution in [0.5, 0.6) is 0 Å². The Labute approximate surface area is 131 Å². The molecule has 21 heavy (non-hydrogen) atoms. The fourth-order valence-electron chi connectivity index (χ4n) is 1.64. The number of primary sulfonamides is 1. The first kappa shape index (κ1) is 18.0. The standard InChI is InChI=1S/C12H16BrFN2O4S/c1-7(6-20-2)5-16-12(17)9-3-8(14)4-10(11(9)13)21(15,18)19/h3-4,7H,5-6H2,1-2H3,(H,16,17)(H2,15,18,19). The number of benzene rings is 1. The van der Waals surface area contributed by atoms with Crippen molar-refractivity contribution in [3.05, 3.63) is 28.0 Å². The number of nitrogens with one attached hydrogen (secondary N) is 1. The zero-order valence-corrected chi connectivity index (χ0v) is 13.9. The summed E-state index contributed by atoms with van der Waals surface area (Å²) in [6.45, 7) is 2.62. The molecule has 1 unspecified atom stereocenters.